The van der Waals surface area contributed by atoms with E-state index in [1.807, 2.05) is 0 Å². The Hall–Kier alpha value is -0.0800. The largest absolute Gasteiger partial charge is 0.316 e. The number of nitrogens with one attached hydrogen (secondary N) is 2. The zero-order chi connectivity index (χ0) is 12.1. The minimum absolute atomic E-state index is 0.463. The quantitative estimate of drug-likeness (QED) is 0.769. The van der Waals surface area contributed by atoms with Crippen molar-refractivity contribution in [3.63, 3.8) is 0 Å². The molecule has 1 saturated carbocycles. The summed E-state index contributed by atoms with van der Waals surface area (Å²) < 4.78 is 0. The molecule has 0 aromatic heterocycles. The average molecular weight is 238 g/mol. The van der Waals surface area contributed by atoms with E-state index in [9.17, 15) is 0 Å². The van der Waals surface area contributed by atoms with Crippen LogP contribution >= 0.6 is 0 Å². The molecule has 0 aromatic rings. The third-order valence-electron chi connectivity index (χ3n) is 5.00. The van der Waals surface area contributed by atoms with Crippen LogP contribution < -0.4 is 10.6 Å². The van der Waals surface area contributed by atoms with Crippen LogP contribution in [0.5, 0.6) is 0 Å². The molecule has 2 nitrogen and oxygen atoms in total. The molecule has 2 heteroatoms. The molecule has 1 aliphatic carbocycles. The summed E-state index contributed by atoms with van der Waals surface area (Å²) in [6.45, 7) is 8.55. The molecule has 17 heavy (non-hydrogen) atoms. The number of piperidine rings is 1. The van der Waals surface area contributed by atoms with Crippen molar-refractivity contribution in [2.45, 2.75) is 64.3 Å². The molecule has 0 aromatic carbocycles. The Kier molecular flexibility index (Phi) is 4.87. The van der Waals surface area contributed by atoms with E-state index in [0.717, 1.165) is 11.8 Å². The first kappa shape index (κ1) is 13.4. The fraction of sp³-hybridized carbons (Fsp3) is 1.00. The zero-order valence-electron chi connectivity index (χ0n) is 11.7. The van der Waals surface area contributed by atoms with Crippen molar-refractivity contribution in [1.29, 1.82) is 0 Å². The van der Waals surface area contributed by atoms with E-state index in [1.165, 1.54) is 64.6 Å². The van der Waals surface area contributed by atoms with Gasteiger partial charge in [0.15, 0.2) is 0 Å². The second-order valence-electron chi connectivity index (χ2n) is 6.57. The highest BCUT2D eigenvalue weighted by Gasteiger charge is 2.28. The first-order chi connectivity index (χ1) is 8.20. The van der Waals surface area contributed by atoms with Gasteiger partial charge in [-0.05, 0) is 70.5 Å². The lowest BCUT2D eigenvalue weighted by molar-refractivity contribution is 0.254. The summed E-state index contributed by atoms with van der Waals surface area (Å²) in [4.78, 5) is 0. The van der Waals surface area contributed by atoms with E-state index in [-0.39, 0.29) is 0 Å². The van der Waals surface area contributed by atoms with Crippen LogP contribution in [-0.2, 0) is 0 Å². The highest BCUT2D eigenvalue weighted by molar-refractivity contribution is 4.88. The lowest BCUT2D eigenvalue weighted by Gasteiger charge is -2.30. The van der Waals surface area contributed by atoms with Gasteiger partial charge in [0.05, 0.1) is 0 Å². The summed E-state index contributed by atoms with van der Waals surface area (Å²) in [5, 5.41) is 7.34. The Morgan fingerprint density at radius 1 is 1.29 bits per heavy atom. The molecule has 2 N–H and O–H groups in total. The lowest BCUT2D eigenvalue weighted by atomic mass is 9.85. The topological polar surface area (TPSA) is 24.1 Å². The Labute approximate surface area is 107 Å². The smallest absolute Gasteiger partial charge is 0.0153 e. The molecule has 1 saturated heterocycles. The van der Waals surface area contributed by atoms with Crippen molar-refractivity contribution in [3.8, 4) is 0 Å². The number of hydrogen-bond acceptors (Lipinski definition) is 2. The standard InChI is InChI=1S/C15H30N2/c1-13(14-6-5-10-16-12-14)7-11-17-15(2)8-3-4-9-15/h13-14,16-17H,3-12H2,1-2H3. The van der Waals surface area contributed by atoms with E-state index >= 15 is 0 Å². The molecule has 0 radical (unpaired) electrons. The van der Waals surface area contributed by atoms with E-state index in [2.05, 4.69) is 24.5 Å². The van der Waals surface area contributed by atoms with Crippen LogP contribution in [0.4, 0.5) is 0 Å². The lowest BCUT2D eigenvalue weighted by Crippen LogP contribution is -2.41. The first-order valence-electron chi connectivity index (χ1n) is 7.65. The molecule has 0 bridgehead atoms. The summed E-state index contributed by atoms with van der Waals surface area (Å²) in [5.74, 6) is 1.79. The van der Waals surface area contributed by atoms with Crippen LogP contribution in [0.3, 0.4) is 0 Å². The van der Waals surface area contributed by atoms with Gasteiger partial charge in [0, 0.05) is 5.54 Å². The van der Waals surface area contributed by atoms with E-state index < -0.39 is 0 Å². The highest BCUT2D eigenvalue weighted by Crippen LogP contribution is 2.29. The van der Waals surface area contributed by atoms with Crippen LogP contribution in [0, 0.1) is 11.8 Å². The molecule has 2 unspecified atom stereocenters. The van der Waals surface area contributed by atoms with Crippen molar-refractivity contribution >= 4 is 0 Å². The molecule has 2 fully saturated rings. The molecule has 0 spiro atoms. The molecular formula is C15H30N2. The van der Waals surface area contributed by atoms with Gasteiger partial charge in [0.2, 0.25) is 0 Å². The van der Waals surface area contributed by atoms with Crippen molar-refractivity contribution in [2.24, 2.45) is 11.8 Å². The average Bonchev–Trinajstić information content (AvgIpc) is 2.77. The molecule has 2 rings (SSSR count). The second kappa shape index (κ2) is 6.19. The van der Waals surface area contributed by atoms with Gasteiger partial charge in [-0.25, -0.2) is 0 Å². The van der Waals surface area contributed by atoms with Crippen molar-refractivity contribution in [3.05, 3.63) is 0 Å². The summed E-state index contributed by atoms with van der Waals surface area (Å²) in [5.41, 5.74) is 0.463. The van der Waals surface area contributed by atoms with Gasteiger partial charge in [0.1, 0.15) is 0 Å². The molecular weight excluding hydrogens is 208 g/mol. The fourth-order valence-electron chi connectivity index (χ4n) is 3.53. The summed E-state index contributed by atoms with van der Waals surface area (Å²) in [7, 11) is 0. The minimum Gasteiger partial charge on any atom is -0.316 e. The summed E-state index contributed by atoms with van der Waals surface area (Å²) in [6.07, 6.45) is 9.77. The van der Waals surface area contributed by atoms with Crippen molar-refractivity contribution < 1.29 is 0 Å². The highest BCUT2D eigenvalue weighted by atomic mass is 15.0. The van der Waals surface area contributed by atoms with Crippen LogP contribution in [0.2, 0.25) is 0 Å². The van der Waals surface area contributed by atoms with Gasteiger partial charge in [-0.3, -0.25) is 0 Å². The van der Waals surface area contributed by atoms with Gasteiger partial charge in [-0.15, -0.1) is 0 Å². The van der Waals surface area contributed by atoms with E-state index in [0.29, 0.717) is 5.54 Å². The Morgan fingerprint density at radius 3 is 2.71 bits per heavy atom. The second-order valence-corrected chi connectivity index (χ2v) is 6.57. The maximum absolute atomic E-state index is 3.81. The minimum atomic E-state index is 0.463. The molecule has 2 atom stereocenters. The van der Waals surface area contributed by atoms with Gasteiger partial charge < -0.3 is 10.6 Å². The van der Waals surface area contributed by atoms with E-state index in [1.54, 1.807) is 0 Å². The summed E-state index contributed by atoms with van der Waals surface area (Å²) in [6, 6.07) is 0. The first-order valence-corrected chi connectivity index (χ1v) is 7.65. The predicted molar refractivity (Wildman–Crippen MR) is 74.3 cm³/mol. The van der Waals surface area contributed by atoms with E-state index in [4.69, 9.17) is 0 Å². The number of rotatable bonds is 5. The normalized spacial score (nSPS) is 30.4. The van der Waals surface area contributed by atoms with Crippen LogP contribution in [0.25, 0.3) is 0 Å². The molecule has 0 amide bonds. The Bertz CT molecular complexity index is 215. The number of hydrogen-bond donors (Lipinski definition) is 2. The Balaban J connectivity index is 1.63. The van der Waals surface area contributed by atoms with Gasteiger partial charge in [-0.2, -0.15) is 0 Å². The molecule has 1 heterocycles. The molecule has 1 aliphatic heterocycles. The van der Waals surface area contributed by atoms with Crippen LogP contribution in [-0.4, -0.2) is 25.2 Å². The fourth-order valence-corrected chi connectivity index (χ4v) is 3.53. The monoisotopic (exact) mass is 238 g/mol. The summed E-state index contributed by atoms with van der Waals surface area (Å²) >= 11 is 0. The maximum Gasteiger partial charge on any atom is 0.0153 e. The third-order valence-corrected chi connectivity index (χ3v) is 5.00. The predicted octanol–water partition coefficient (Wildman–Crippen LogP) is 2.93. The van der Waals surface area contributed by atoms with Crippen LogP contribution in [0.15, 0.2) is 0 Å². The van der Waals surface area contributed by atoms with Crippen LogP contribution in [0.1, 0.15) is 58.8 Å². The zero-order valence-corrected chi connectivity index (χ0v) is 11.7. The molecule has 2 aliphatic rings. The van der Waals surface area contributed by atoms with Crippen molar-refractivity contribution in [2.75, 3.05) is 19.6 Å². The van der Waals surface area contributed by atoms with Gasteiger partial charge in [0.25, 0.3) is 0 Å². The maximum atomic E-state index is 3.81. The van der Waals surface area contributed by atoms with Gasteiger partial charge in [-0.1, -0.05) is 19.8 Å². The van der Waals surface area contributed by atoms with Crippen molar-refractivity contribution in [1.82, 2.24) is 10.6 Å². The van der Waals surface area contributed by atoms with Gasteiger partial charge >= 0.3 is 0 Å². The third kappa shape index (κ3) is 3.96. The molecule has 100 valence electrons. The Morgan fingerprint density at radius 2 is 2.06 bits per heavy atom. The SMILES string of the molecule is CC(CCNC1(C)CCCC1)C1CCCNC1.